The normalized spacial score (nSPS) is 19.5. The van der Waals surface area contributed by atoms with Crippen molar-refractivity contribution in [3.63, 3.8) is 0 Å². The molecule has 1 saturated heterocycles. The number of nitrogen functional groups attached to an aromatic ring is 1. The van der Waals surface area contributed by atoms with Crippen molar-refractivity contribution in [1.29, 1.82) is 0 Å². The average Bonchev–Trinajstić information content (AvgIpc) is 3.88. The molecule has 2 aromatic rings. The summed E-state index contributed by atoms with van der Waals surface area (Å²) in [5.41, 5.74) is 4.29. The number of thioether (sulfide) groups is 1. The fourth-order valence-electron chi connectivity index (χ4n) is 7.77. The Labute approximate surface area is 432 Å². The van der Waals surface area contributed by atoms with Crippen molar-refractivity contribution >= 4 is 69.1 Å². The summed E-state index contributed by atoms with van der Waals surface area (Å²) in [6.45, 7) is 2.83. The SMILES string of the molecule is CCCCCCCC/C=C\CCCCCCCCCCCCCC(=O)SCCNC(=O)CCNC(=O)C(O)C(C)(C)COP(=O)(O)OP(=O)(O)OC[C@H]1O[C@@H](n2cnc3c(N)ncnc32)[C@H](O)[C@@H]1OP(=O)(O)O. The number of aromatic nitrogens is 4. The minimum atomic E-state index is -5.58. The number of carbonyl (C=O) groups is 3. The van der Waals surface area contributed by atoms with E-state index >= 15 is 0 Å². The van der Waals surface area contributed by atoms with Crippen LogP contribution in [-0.2, 0) is 50.7 Å². The number of rotatable bonds is 40. The van der Waals surface area contributed by atoms with Gasteiger partial charge in [0.2, 0.25) is 11.8 Å². The smallest absolute Gasteiger partial charge is 0.386 e. The number of hydrogen-bond acceptors (Lipinski definition) is 18. The maximum absolute atomic E-state index is 12.8. The molecule has 2 aromatic heterocycles. The van der Waals surface area contributed by atoms with Gasteiger partial charge < -0.3 is 50.9 Å². The van der Waals surface area contributed by atoms with Crippen molar-refractivity contribution in [2.24, 2.45) is 5.41 Å². The quantitative estimate of drug-likeness (QED) is 0.0183. The molecule has 3 unspecified atom stereocenters. The van der Waals surface area contributed by atoms with Crippen LogP contribution in [0, 0.1) is 5.41 Å². The lowest BCUT2D eigenvalue weighted by atomic mass is 9.87. The lowest BCUT2D eigenvalue weighted by molar-refractivity contribution is -0.137. The van der Waals surface area contributed by atoms with Crippen LogP contribution in [0.15, 0.2) is 24.8 Å². The molecule has 10 N–H and O–H groups in total. The van der Waals surface area contributed by atoms with Gasteiger partial charge in [0.05, 0.1) is 19.5 Å². The molecule has 0 aliphatic carbocycles. The van der Waals surface area contributed by atoms with Crippen molar-refractivity contribution in [2.75, 3.05) is 37.8 Å². The number of phosphoric acid groups is 3. The maximum atomic E-state index is 12.8. The van der Waals surface area contributed by atoms with E-state index in [1.54, 1.807) is 0 Å². The molecule has 2 amide bonds. The highest BCUT2D eigenvalue weighted by Gasteiger charge is 2.50. The number of unbranched alkanes of at least 4 members (excludes halogenated alkanes) is 17. The number of nitrogens with one attached hydrogen (secondary N) is 2. The van der Waals surface area contributed by atoms with Gasteiger partial charge in [0.1, 0.15) is 36.3 Å². The maximum Gasteiger partial charge on any atom is 0.481 e. The molecule has 1 aliphatic rings. The molecular weight excluding hydrogens is 1040 g/mol. The van der Waals surface area contributed by atoms with Crippen LogP contribution in [0.5, 0.6) is 0 Å². The molecular formula is C45H80N7O17P3S. The number of ether oxygens (including phenoxy) is 1. The number of carbonyl (C=O) groups excluding carboxylic acids is 3. The zero-order chi connectivity index (χ0) is 53.9. The highest BCUT2D eigenvalue weighted by atomic mass is 32.2. The van der Waals surface area contributed by atoms with E-state index in [2.05, 4.69) is 53.5 Å². The van der Waals surface area contributed by atoms with Gasteiger partial charge in [0.25, 0.3) is 0 Å². The number of allylic oxidation sites excluding steroid dienone is 2. The average molecular weight is 1120 g/mol. The summed E-state index contributed by atoms with van der Waals surface area (Å²) >= 11 is 1.16. The predicted octanol–water partition coefficient (Wildman–Crippen LogP) is 7.04. The van der Waals surface area contributed by atoms with E-state index in [1.165, 1.54) is 117 Å². The largest absolute Gasteiger partial charge is 0.481 e. The molecule has 1 aliphatic heterocycles. The topological polar surface area (TPSA) is 364 Å². The van der Waals surface area contributed by atoms with Crippen molar-refractivity contribution in [2.45, 2.75) is 186 Å². The van der Waals surface area contributed by atoms with E-state index in [0.29, 0.717) is 12.2 Å². The lowest BCUT2D eigenvalue weighted by Gasteiger charge is -2.30. The Balaban J connectivity index is 1.23. The van der Waals surface area contributed by atoms with Crippen LogP contribution in [-0.4, -0.2) is 123 Å². The van der Waals surface area contributed by atoms with E-state index in [1.807, 2.05) is 0 Å². The molecule has 7 atom stereocenters. The zero-order valence-corrected chi connectivity index (χ0v) is 45.9. The van der Waals surface area contributed by atoms with Crippen LogP contribution in [0.1, 0.15) is 162 Å². The standard InChI is InChI=1S/C45H80N7O17P3S/c1-4-5-6-7-8-9-10-11-12-13-14-15-16-17-18-19-20-21-22-23-24-25-36(54)73-29-28-47-35(53)26-27-48-43(57)40(56)45(2,3)31-66-72(63,64)69-71(61,62)65-30-34-39(68-70(58,59)60)38(55)44(67-34)52-33-51-37-41(46)49-32-50-42(37)52/h11-12,32-34,38-40,44,55-56H,4-10,13-31H2,1-3H3,(H,47,53)(H,48,57)(H,61,62)(H,63,64)(H2,46,49,50)(H2,58,59,60)/b12-11-/t34-,38-,39-,40?,44-/m1/s1. The summed E-state index contributed by atoms with van der Waals surface area (Å²) in [6, 6.07) is 0. The molecule has 3 rings (SSSR count). The second-order valence-electron chi connectivity index (χ2n) is 18.7. The fourth-order valence-corrected chi connectivity index (χ4v) is 11.3. The third kappa shape index (κ3) is 25.8. The first-order chi connectivity index (χ1) is 34.6. The number of imidazole rings is 1. The number of phosphoric ester groups is 3. The molecule has 0 aromatic carbocycles. The Bertz CT molecular complexity index is 2150. The second kappa shape index (κ2) is 33.5. The van der Waals surface area contributed by atoms with Crippen LogP contribution in [0.3, 0.4) is 0 Å². The molecule has 24 nitrogen and oxygen atoms in total. The minimum Gasteiger partial charge on any atom is -0.386 e. The van der Waals surface area contributed by atoms with Crippen molar-refractivity contribution in [3.8, 4) is 0 Å². The number of hydrogen-bond donors (Lipinski definition) is 9. The minimum absolute atomic E-state index is 0.0339. The predicted molar refractivity (Wildman–Crippen MR) is 274 cm³/mol. The van der Waals surface area contributed by atoms with Crippen LogP contribution in [0.4, 0.5) is 5.82 Å². The van der Waals surface area contributed by atoms with Gasteiger partial charge in [-0.05, 0) is 32.1 Å². The third-order valence-electron chi connectivity index (χ3n) is 11.9. The van der Waals surface area contributed by atoms with Crippen LogP contribution >= 0.6 is 35.2 Å². The third-order valence-corrected chi connectivity index (χ3v) is 15.9. The summed E-state index contributed by atoms with van der Waals surface area (Å²) in [5.74, 6) is -1.02. The molecule has 0 bridgehead atoms. The van der Waals surface area contributed by atoms with Crippen molar-refractivity contribution < 1.29 is 80.5 Å². The first kappa shape index (κ1) is 64.6. The Morgan fingerprint density at radius 2 is 1.40 bits per heavy atom. The van der Waals surface area contributed by atoms with E-state index in [4.69, 9.17) is 19.5 Å². The van der Waals surface area contributed by atoms with Gasteiger partial charge in [0, 0.05) is 37.1 Å². The number of fused-ring (bicyclic) bond motifs is 1. The Hall–Kier alpha value is -2.70. The van der Waals surface area contributed by atoms with Gasteiger partial charge in [-0.3, -0.25) is 32.5 Å². The molecule has 3 heterocycles. The Kier molecular flexibility index (Phi) is 29.6. The zero-order valence-electron chi connectivity index (χ0n) is 42.4. The monoisotopic (exact) mass is 1120 g/mol. The summed E-state index contributed by atoms with van der Waals surface area (Å²) in [7, 11) is -16.4. The molecule has 73 heavy (non-hydrogen) atoms. The fraction of sp³-hybridized carbons (Fsp3) is 0.778. The molecule has 0 saturated carbocycles. The molecule has 28 heteroatoms. The van der Waals surface area contributed by atoms with E-state index in [0.717, 1.165) is 48.2 Å². The van der Waals surface area contributed by atoms with E-state index < -0.39 is 84.6 Å². The molecule has 0 radical (unpaired) electrons. The lowest BCUT2D eigenvalue weighted by Crippen LogP contribution is -2.46. The first-order valence-corrected chi connectivity index (χ1v) is 30.8. The molecule has 1 fully saturated rings. The molecule has 0 spiro atoms. The van der Waals surface area contributed by atoms with Crippen LogP contribution in [0.2, 0.25) is 0 Å². The molecule has 418 valence electrons. The number of nitrogens with two attached hydrogens (primary N) is 1. The summed E-state index contributed by atoms with van der Waals surface area (Å²) in [6.07, 6.45) is 22.0. The van der Waals surface area contributed by atoms with Gasteiger partial charge in [-0.15, -0.1) is 0 Å². The van der Waals surface area contributed by atoms with E-state index in [9.17, 15) is 57.9 Å². The Morgan fingerprint density at radius 1 is 0.822 bits per heavy atom. The number of amides is 2. The van der Waals surface area contributed by atoms with Gasteiger partial charge in [-0.2, -0.15) is 4.31 Å². The number of aliphatic hydroxyl groups is 2. The first-order valence-electron chi connectivity index (χ1n) is 25.3. The van der Waals surface area contributed by atoms with Crippen LogP contribution in [0.25, 0.3) is 11.2 Å². The Morgan fingerprint density at radius 3 is 2.00 bits per heavy atom. The summed E-state index contributed by atoms with van der Waals surface area (Å²) in [5, 5.41) is 26.7. The summed E-state index contributed by atoms with van der Waals surface area (Å²) in [4.78, 5) is 88.6. The highest BCUT2D eigenvalue weighted by molar-refractivity contribution is 8.13. The van der Waals surface area contributed by atoms with Crippen molar-refractivity contribution in [3.05, 3.63) is 24.8 Å². The van der Waals surface area contributed by atoms with Gasteiger partial charge in [0.15, 0.2) is 22.8 Å². The number of nitrogens with zero attached hydrogens (tertiary/aromatic N) is 4. The number of anilines is 1. The van der Waals surface area contributed by atoms with Crippen LogP contribution < -0.4 is 16.4 Å². The summed E-state index contributed by atoms with van der Waals surface area (Å²) < 4.78 is 62.5. The van der Waals surface area contributed by atoms with Gasteiger partial charge >= 0.3 is 23.5 Å². The highest BCUT2D eigenvalue weighted by Crippen LogP contribution is 2.61. The van der Waals surface area contributed by atoms with Gasteiger partial charge in [-0.1, -0.05) is 135 Å². The number of aliphatic hydroxyl groups excluding tert-OH is 2. The van der Waals surface area contributed by atoms with Crippen molar-refractivity contribution in [1.82, 2.24) is 30.2 Å². The second-order valence-corrected chi connectivity index (χ2v) is 24.1. The van der Waals surface area contributed by atoms with E-state index in [-0.39, 0.29) is 41.6 Å². The van der Waals surface area contributed by atoms with Gasteiger partial charge in [-0.25, -0.2) is 28.6 Å².